The number of benzene rings is 1. The Balaban J connectivity index is 0.00000106. The summed E-state index contributed by atoms with van der Waals surface area (Å²) in [7, 11) is 0. The second-order valence-electron chi connectivity index (χ2n) is 4.78. The van der Waals surface area contributed by atoms with Crippen LogP contribution in [-0.4, -0.2) is 11.6 Å². The molecule has 2 N–H and O–H groups in total. The van der Waals surface area contributed by atoms with Crippen LogP contribution in [0.4, 0.5) is 0 Å². The summed E-state index contributed by atoms with van der Waals surface area (Å²) in [6, 6.07) is 8.86. The summed E-state index contributed by atoms with van der Waals surface area (Å²) >= 11 is 0. The third-order valence-corrected chi connectivity index (χ3v) is 3.58. The summed E-state index contributed by atoms with van der Waals surface area (Å²) in [5.74, 6) is 6.11. The number of allylic oxidation sites excluding steroid dienone is 4. The van der Waals surface area contributed by atoms with Gasteiger partial charge in [0.15, 0.2) is 0 Å². The summed E-state index contributed by atoms with van der Waals surface area (Å²) < 4.78 is 0. The molecule has 21 heavy (non-hydrogen) atoms. The van der Waals surface area contributed by atoms with Crippen molar-refractivity contribution >= 4 is 5.57 Å². The molecule has 2 nitrogen and oxygen atoms in total. The van der Waals surface area contributed by atoms with Crippen molar-refractivity contribution in [1.29, 1.82) is 0 Å². The average molecular weight is 284 g/mol. The van der Waals surface area contributed by atoms with Crippen LogP contribution in [0, 0.1) is 0 Å². The lowest BCUT2D eigenvalue weighted by atomic mass is 10.1. The van der Waals surface area contributed by atoms with Gasteiger partial charge in [-0.2, -0.15) is 0 Å². The molecule has 1 atom stereocenters. The highest BCUT2D eigenvalue weighted by molar-refractivity contribution is 5.74. The maximum Gasteiger partial charge on any atom is 0.0536 e. The quantitative estimate of drug-likeness (QED) is 0.475. The van der Waals surface area contributed by atoms with Gasteiger partial charge in [0, 0.05) is 6.54 Å². The molecule has 2 heteroatoms. The van der Waals surface area contributed by atoms with E-state index < -0.39 is 0 Å². The molecule has 0 aliphatic heterocycles. The Morgan fingerprint density at radius 3 is 2.71 bits per heavy atom. The van der Waals surface area contributed by atoms with Gasteiger partial charge in [0.1, 0.15) is 0 Å². The van der Waals surface area contributed by atoms with Gasteiger partial charge in [-0.15, -0.1) is 6.58 Å². The molecular weight excluding hydrogens is 256 g/mol. The molecule has 1 aliphatic rings. The molecule has 0 heterocycles. The smallest absolute Gasteiger partial charge is 0.0536 e. The van der Waals surface area contributed by atoms with Crippen molar-refractivity contribution in [3.63, 3.8) is 0 Å². The lowest BCUT2D eigenvalue weighted by Gasteiger charge is -2.22. The van der Waals surface area contributed by atoms with E-state index in [0.717, 1.165) is 19.4 Å². The van der Waals surface area contributed by atoms with Crippen molar-refractivity contribution in [2.75, 3.05) is 6.54 Å². The van der Waals surface area contributed by atoms with Crippen molar-refractivity contribution in [3.05, 3.63) is 66.3 Å². The Labute approximate surface area is 129 Å². The van der Waals surface area contributed by atoms with E-state index in [2.05, 4.69) is 56.0 Å². The van der Waals surface area contributed by atoms with Gasteiger partial charge in [-0.3, -0.25) is 5.84 Å². The first-order valence-electron chi connectivity index (χ1n) is 7.85. The molecule has 0 saturated carbocycles. The fourth-order valence-corrected chi connectivity index (χ4v) is 2.54. The lowest BCUT2D eigenvalue weighted by molar-refractivity contribution is 0.221. The zero-order chi connectivity index (χ0) is 15.7. The zero-order valence-electron chi connectivity index (χ0n) is 13.5. The van der Waals surface area contributed by atoms with E-state index in [9.17, 15) is 0 Å². The minimum atomic E-state index is 0.306. The maximum atomic E-state index is 6.11. The third-order valence-electron chi connectivity index (χ3n) is 3.58. The monoisotopic (exact) mass is 284 g/mol. The first kappa shape index (κ1) is 17.4. The molecule has 1 aliphatic carbocycles. The zero-order valence-corrected chi connectivity index (χ0v) is 13.5. The van der Waals surface area contributed by atoms with Crippen LogP contribution in [0.15, 0.2) is 55.1 Å². The minimum absolute atomic E-state index is 0.306. The number of nitrogens with two attached hydrogens (primary N) is 1. The summed E-state index contributed by atoms with van der Waals surface area (Å²) in [6.07, 6.45) is 10.2. The molecule has 2 rings (SSSR count). The predicted octanol–water partition coefficient (Wildman–Crippen LogP) is 4.87. The second kappa shape index (κ2) is 9.32. The van der Waals surface area contributed by atoms with Crippen LogP contribution in [-0.2, 0) is 0 Å². The number of hydrogen-bond donors (Lipinski definition) is 1. The van der Waals surface area contributed by atoms with Crippen LogP contribution in [0.2, 0.25) is 0 Å². The molecule has 0 fully saturated rings. The molecule has 0 saturated heterocycles. The predicted molar refractivity (Wildman–Crippen MR) is 93.6 cm³/mol. The Hall–Kier alpha value is -1.64. The Kier molecular flexibility index (Phi) is 7.73. The molecular formula is C19H28N2. The minimum Gasteiger partial charge on any atom is -0.268 e. The van der Waals surface area contributed by atoms with E-state index in [0.29, 0.717) is 6.04 Å². The van der Waals surface area contributed by atoms with Gasteiger partial charge in [0.05, 0.1) is 6.04 Å². The molecule has 1 unspecified atom stereocenters. The highest BCUT2D eigenvalue weighted by Gasteiger charge is 2.28. The number of nitrogens with zero attached hydrogens (tertiary/aromatic N) is 1. The highest BCUT2D eigenvalue weighted by Crippen LogP contribution is 2.41. The van der Waals surface area contributed by atoms with Crippen LogP contribution < -0.4 is 5.84 Å². The molecule has 1 aromatic rings. The largest absolute Gasteiger partial charge is 0.268 e. The number of hydrazine groups is 1. The van der Waals surface area contributed by atoms with Crippen molar-refractivity contribution in [2.24, 2.45) is 5.84 Å². The Bertz CT molecular complexity index is 500. The second-order valence-corrected chi connectivity index (χ2v) is 4.78. The van der Waals surface area contributed by atoms with E-state index in [1.165, 1.54) is 16.7 Å². The van der Waals surface area contributed by atoms with E-state index >= 15 is 0 Å². The summed E-state index contributed by atoms with van der Waals surface area (Å²) in [5.41, 5.74) is 4.04. The van der Waals surface area contributed by atoms with Gasteiger partial charge in [-0.05, 0) is 29.5 Å². The number of rotatable bonds is 5. The first-order chi connectivity index (χ1) is 10.3. The fraction of sp³-hybridized carbons (Fsp3) is 0.368. The van der Waals surface area contributed by atoms with E-state index in [-0.39, 0.29) is 0 Å². The van der Waals surface area contributed by atoms with Gasteiger partial charge in [-0.25, -0.2) is 5.01 Å². The van der Waals surface area contributed by atoms with E-state index in [1.807, 2.05) is 24.9 Å². The van der Waals surface area contributed by atoms with Crippen LogP contribution in [0.1, 0.15) is 50.8 Å². The van der Waals surface area contributed by atoms with Crippen LogP contribution in [0.5, 0.6) is 0 Å². The summed E-state index contributed by atoms with van der Waals surface area (Å²) in [5, 5.41) is 1.92. The molecule has 1 aromatic carbocycles. The highest BCUT2D eigenvalue weighted by atomic mass is 15.4. The lowest BCUT2D eigenvalue weighted by Crippen LogP contribution is -2.33. The van der Waals surface area contributed by atoms with Crippen LogP contribution in [0.25, 0.3) is 5.57 Å². The average Bonchev–Trinajstić information content (AvgIpc) is 2.92. The van der Waals surface area contributed by atoms with Crippen LogP contribution >= 0.6 is 0 Å². The van der Waals surface area contributed by atoms with Crippen LogP contribution in [0.3, 0.4) is 0 Å². The Morgan fingerprint density at radius 1 is 1.33 bits per heavy atom. The van der Waals surface area contributed by atoms with Gasteiger partial charge < -0.3 is 0 Å². The van der Waals surface area contributed by atoms with Crippen molar-refractivity contribution in [2.45, 2.75) is 39.7 Å². The molecule has 0 bridgehead atoms. The summed E-state index contributed by atoms with van der Waals surface area (Å²) in [6.45, 7) is 10.7. The standard InChI is InChI=1S/C17H22N2.C2H6/c1-3-5-6-7-10-14-13-17(19(18)4-2)16-12-9-8-11-15(14)16;1-2/h3,6-12,17H,1,4-5,13,18H2,2H3;1-2H3/b7-6-,14-10+;. The topological polar surface area (TPSA) is 29.3 Å². The molecule has 0 spiro atoms. The van der Waals surface area contributed by atoms with Crippen molar-refractivity contribution in [3.8, 4) is 0 Å². The van der Waals surface area contributed by atoms with Crippen molar-refractivity contribution in [1.82, 2.24) is 5.01 Å². The number of fused-ring (bicyclic) bond motifs is 1. The summed E-state index contributed by atoms with van der Waals surface area (Å²) in [4.78, 5) is 0. The first-order valence-corrected chi connectivity index (χ1v) is 7.85. The van der Waals surface area contributed by atoms with Gasteiger partial charge >= 0.3 is 0 Å². The molecule has 0 amide bonds. The third kappa shape index (κ3) is 4.42. The van der Waals surface area contributed by atoms with E-state index in [1.54, 1.807) is 0 Å². The van der Waals surface area contributed by atoms with E-state index in [4.69, 9.17) is 5.84 Å². The number of hydrogen-bond acceptors (Lipinski definition) is 2. The van der Waals surface area contributed by atoms with Gasteiger partial charge in [-0.1, -0.05) is 69.3 Å². The molecule has 0 aromatic heterocycles. The van der Waals surface area contributed by atoms with Gasteiger partial charge in [0.2, 0.25) is 0 Å². The fourth-order valence-electron chi connectivity index (χ4n) is 2.54. The SMILES string of the molecule is C=CC/C=C\C=C1/CC(N(N)CC)c2ccccc21.CC. The normalized spacial score (nSPS) is 18.7. The van der Waals surface area contributed by atoms with Gasteiger partial charge in [0.25, 0.3) is 0 Å². The molecule has 114 valence electrons. The Morgan fingerprint density at radius 2 is 2.05 bits per heavy atom. The maximum absolute atomic E-state index is 6.11. The van der Waals surface area contributed by atoms with Crippen molar-refractivity contribution < 1.29 is 0 Å². The molecule has 0 radical (unpaired) electrons.